The van der Waals surface area contributed by atoms with Crippen molar-refractivity contribution in [3.63, 3.8) is 0 Å². The van der Waals surface area contributed by atoms with Crippen LogP contribution < -0.4 is 4.74 Å². The fourth-order valence-corrected chi connectivity index (χ4v) is 2.42. The normalized spacial score (nSPS) is 11.0. The zero-order chi connectivity index (χ0) is 14.7. The number of nitrogens with zero attached hydrogens (tertiary/aromatic N) is 3. The van der Waals surface area contributed by atoms with Gasteiger partial charge in [0.05, 0.1) is 11.2 Å². The number of imidazole rings is 1. The largest absolute Gasteiger partial charge is 0.486 e. The maximum absolute atomic E-state index is 12.7. The van der Waals surface area contributed by atoms with Gasteiger partial charge in [0.2, 0.25) is 0 Å². The molecule has 0 amide bonds. The second kappa shape index (κ2) is 6.01. The molecule has 0 spiro atoms. The van der Waals surface area contributed by atoms with Gasteiger partial charge in [0, 0.05) is 23.3 Å². The Labute approximate surface area is 123 Å². The zero-order valence-corrected chi connectivity index (χ0v) is 11.6. The molecule has 0 saturated carbocycles. The van der Waals surface area contributed by atoms with E-state index in [1.807, 2.05) is 17.5 Å². The molecule has 0 unspecified atom stereocenters. The van der Waals surface area contributed by atoms with Crippen molar-refractivity contribution in [2.75, 3.05) is 0 Å². The van der Waals surface area contributed by atoms with Crippen LogP contribution in [0.15, 0.2) is 47.5 Å². The van der Waals surface area contributed by atoms with Crippen LogP contribution in [0.1, 0.15) is 12.4 Å². The van der Waals surface area contributed by atoms with E-state index in [0.717, 1.165) is 15.8 Å². The Balaban J connectivity index is 1.67. The molecule has 0 saturated heterocycles. The minimum absolute atomic E-state index is 0.00656. The maximum atomic E-state index is 12.7. The molecule has 3 rings (SSSR count). The van der Waals surface area contributed by atoms with Crippen LogP contribution in [-0.2, 0) is 6.61 Å². The quantitative estimate of drug-likeness (QED) is 0.716. The summed E-state index contributed by atoms with van der Waals surface area (Å²) in [5.41, 5.74) is 3.65. The van der Waals surface area contributed by atoms with E-state index in [9.17, 15) is 8.78 Å². The van der Waals surface area contributed by atoms with Crippen LogP contribution in [0.2, 0.25) is 0 Å². The summed E-state index contributed by atoms with van der Waals surface area (Å²) in [5, 5.41) is 1.95. The molecule has 0 fully saturated rings. The Kier molecular flexibility index (Phi) is 3.92. The first-order chi connectivity index (χ1) is 10.2. The fraction of sp³-hybridized carbons (Fsp3) is 0.143. The first-order valence-corrected chi connectivity index (χ1v) is 7.09. The SMILES string of the molecule is FC(F)n1ccnc1COc1ccc(-c2cscn2)cc1. The van der Waals surface area contributed by atoms with Gasteiger partial charge >= 0.3 is 6.55 Å². The highest BCUT2D eigenvalue weighted by atomic mass is 32.1. The molecule has 2 aromatic heterocycles. The van der Waals surface area contributed by atoms with E-state index in [2.05, 4.69) is 9.97 Å². The first kappa shape index (κ1) is 13.7. The van der Waals surface area contributed by atoms with Gasteiger partial charge in [0.1, 0.15) is 12.4 Å². The lowest BCUT2D eigenvalue weighted by atomic mass is 10.2. The lowest BCUT2D eigenvalue weighted by molar-refractivity contribution is 0.0632. The fourth-order valence-electron chi connectivity index (χ4n) is 1.86. The number of hydrogen-bond donors (Lipinski definition) is 0. The van der Waals surface area contributed by atoms with E-state index in [0.29, 0.717) is 5.75 Å². The molecule has 4 nitrogen and oxygen atoms in total. The van der Waals surface area contributed by atoms with Crippen molar-refractivity contribution >= 4 is 11.3 Å². The first-order valence-electron chi connectivity index (χ1n) is 6.15. The van der Waals surface area contributed by atoms with Gasteiger partial charge in [-0.15, -0.1) is 11.3 Å². The van der Waals surface area contributed by atoms with Gasteiger partial charge in [-0.3, -0.25) is 4.57 Å². The summed E-state index contributed by atoms with van der Waals surface area (Å²) in [6, 6.07) is 7.32. The molecule has 0 radical (unpaired) electrons. The summed E-state index contributed by atoms with van der Waals surface area (Å²) < 4.78 is 31.6. The average molecular weight is 307 g/mol. The zero-order valence-electron chi connectivity index (χ0n) is 10.8. The molecule has 0 N–H and O–H groups in total. The van der Waals surface area contributed by atoms with E-state index >= 15 is 0 Å². The van der Waals surface area contributed by atoms with Crippen molar-refractivity contribution in [3.8, 4) is 17.0 Å². The molecule has 2 heterocycles. The number of thiazole rings is 1. The number of halogens is 2. The highest BCUT2D eigenvalue weighted by molar-refractivity contribution is 7.07. The van der Waals surface area contributed by atoms with E-state index in [-0.39, 0.29) is 12.4 Å². The molecule has 0 aliphatic heterocycles. The third kappa shape index (κ3) is 3.08. The molecule has 0 atom stereocenters. The van der Waals surface area contributed by atoms with Crippen LogP contribution in [0.5, 0.6) is 5.75 Å². The highest BCUT2D eigenvalue weighted by Gasteiger charge is 2.11. The van der Waals surface area contributed by atoms with Gasteiger partial charge < -0.3 is 4.74 Å². The Morgan fingerprint density at radius 1 is 1.19 bits per heavy atom. The molecule has 0 aliphatic carbocycles. The van der Waals surface area contributed by atoms with Crippen molar-refractivity contribution in [1.82, 2.24) is 14.5 Å². The summed E-state index contributed by atoms with van der Waals surface area (Å²) in [7, 11) is 0. The van der Waals surface area contributed by atoms with Crippen molar-refractivity contribution < 1.29 is 13.5 Å². The van der Waals surface area contributed by atoms with E-state index in [1.165, 1.54) is 23.7 Å². The summed E-state index contributed by atoms with van der Waals surface area (Å²) >= 11 is 1.53. The van der Waals surface area contributed by atoms with Crippen LogP contribution in [0, 0.1) is 0 Å². The van der Waals surface area contributed by atoms with Gasteiger partial charge in [-0.2, -0.15) is 8.78 Å². The maximum Gasteiger partial charge on any atom is 0.320 e. The average Bonchev–Trinajstić information content (AvgIpc) is 3.17. The number of aromatic nitrogens is 3. The topological polar surface area (TPSA) is 39.9 Å². The molecule has 108 valence electrons. The second-order valence-corrected chi connectivity index (χ2v) is 4.93. The van der Waals surface area contributed by atoms with Crippen LogP contribution in [-0.4, -0.2) is 14.5 Å². The lowest BCUT2D eigenvalue weighted by Crippen LogP contribution is -2.07. The molecule has 1 aromatic carbocycles. The Morgan fingerprint density at radius 2 is 2.00 bits per heavy atom. The van der Waals surface area contributed by atoms with Gasteiger partial charge in [-0.05, 0) is 24.3 Å². The smallest absolute Gasteiger partial charge is 0.320 e. The van der Waals surface area contributed by atoms with Crippen molar-refractivity contribution in [3.05, 3.63) is 53.4 Å². The van der Waals surface area contributed by atoms with Crippen molar-refractivity contribution in [2.45, 2.75) is 13.2 Å². The number of ether oxygens (including phenoxy) is 1. The molecule has 0 bridgehead atoms. The Hall–Kier alpha value is -2.28. The van der Waals surface area contributed by atoms with Gasteiger partial charge in [0.25, 0.3) is 0 Å². The van der Waals surface area contributed by atoms with Crippen LogP contribution in [0.4, 0.5) is 8.78 Å². The van der Waals surface area contributed by atoms with Crippen molar-refractivity contribution in [2.24, 2.45) is 0 Å². The lowest BCUT2D eigenvalue weighted by Gasteiger charge is -2.08. The molecule has 7 heteroatoms. The number of alkyl halides is 2. The predicted molar refractivity (Wildman–Crippen MR) is 75.4 cm³/mol. The molecule has 0 aliphatic rings. The van der Waals surface area contributed by atoms with Crippen LogP contribution in [0.3, 0.4) is 0 Å². The summed E-state index contributed by atoms with van der Waals surface area (Å²) in [6.45, 7) is -2.62. The Morgan fingerprint density at radius 3 is 2.67 bits per heavy atom. The predicted octanol–water partition coefficient (Wildman–Crippen LogP) is 3.98. The Bertz CT molecular complexity index is 695. The van der Waals surface area contributed by atoms with Crippen molar-refractivity contribution in [1.29, 1.82) is 0 Å². The number of rotatable bonds is 5. The van der Waals surface area contributed by atoms with Gasteiger partial charge in [-0.25, -0.2) is 9.97 Å². The standard InChI is InChI=1S/C14H11F2N3OS/c15-14(16)19-6-5-17-13(19)7-20-11-3-1-10(2-4-11)12-8-21-9-18-12/h1-6,8-9,14H,7H2. The third-order valence-electron chi connectivity index (χ3n) is 2.91. The summed E-state index contributed by atoms with van der Waals surface area (Å²) in [5.74, 6) is 0.784. The minimum Gasteiger partial charge on any atom is -0.486 e. The summed E-state index contributed by atoms with van der Waals surface area (Å²) in [6.07, 6.45) is 2.56. The van der Waals surface area contributed by atoms with E-state index < -0.39 is 6.55 Å². The van der Waals surface area contributed by atoms with Crippen LogP contribution in [0.25, 0.3) is 11.3 Å². The number of benzene rings is 1. The number of hydrogen-bond acceptors (Lipinski definition) is 4. The molecular formula is C14H11F2N3OS. The minimum atomic E-state index is -2.61. The summed E-state index contributed by atoms with van der Waals surface area (Å²) in [4.78, 5) is 8.07. The highest BCUT2D eigenvalue weighted by Crippen LogP contribution is 2.22. The monoisotopic (exact) mass is 307 g/mol. The van der Waals surface area contributed by atoms with Gasteiger partial charge in [-0.1, -0.05) is 0 Å². The molecular weight excluding hydrogens is 296 g/mol. The second-order valence-electron chi connectivity index (χ2n) is 4.22. The molecule has 3 aromatic rings. The van der Waals surface area contributed by atoms with E-state index in [4.69, 9.17) is 4.74 Å². The van der Waals surface area contributed by atoms with E-state index in [1.54, 1.807) is 17.6 Å². The molecule has 21 heavy (non-hydrogen) atoms. The van der Waals surface area contributed by atoms with Gasteiger partial charge in [0.15, 0.2) is 5.82 Å². The van der Waals surface area contributed by atoms with Crippen LogP contribution >= 0.6 is 11.3 Å². The third-order valence-corrected chi connectivity index (χ3v) is 3.50.